The third-order valence-electron chi connectivity index (χ3n) is 0.462. The molecule has 46 valence electrons. The van der Waals surface area contributed by atoms with Crippen molar-refractivity contribution in [1.29, 1.82) is 0 Å². The summed E-state index contributed by atoms with van der Waals surface area (Å²) in [4.78, 5) is 0. The van der Waals surface area contributed by atoms with E-state index >= 15 is 0 Å². The van der Waals surface area contributed by atoms with Crippen molar-refractivity contribution in [3.05, 3.63) is 0 Å². The molecule has 3 nitrogen and oxygen atoms in total. The summed E-state index contributed by atoms with van der Waals surface area (Å²) in [6.07, 6.45) is 0.471. The summed E-state index contributed by atoms with van der Waals surface area (Å²) in [5, 5.41) is 0. The average Bonchev–Trinajstić information content (AvgIpc) is 1.30. The van der Waals surface area contributed by atoms with Gasteiger partial charge in [-0.25, -0.2) is 0 Å². The van der Waals surface area contributed by atoms with Crippen LogP contribution in [0.15, 0.2) is 0 Å². The van der Waals surface area contributed by atoms with Crippen LogP contribution in [0.5, 0.6) is 0 Å². The Kier molecular flexibility index (Phi) is 6.22. The van der Waals surface area contributed by atoms with E-state index in [0.717, 1.165) is 0 Å². The molecule has 0 heterocycles. The van der Waals surface area contributed by atoms with E-state index < -0.39 is 10.1 Å². The molecule has 0 atom stereocenters. The predicted octanol–water partition coefficient (Wildman–Crippen LogP) is -2.60. The Balaban J connectivity index is -0.000000180. The van der Waals surface area contributed by atoms with Crippen molar-refractivity contribution < 1.29 is 33.3 Å². The third-order valence-corrected chi connectivity index (χ3v) is 1.39. The number of rotatable bonds is 2. The molecule has 0 amide bonds. The second kappa shape index (κ2) is 4.39. The maximum absolute atomic E-state index is 9.79. The van der Waals surface area contributed by atoms with Crippen molar-refractivity contribution in [2.24, 2.45) is 0 Å². The van der Waals surface area contributed by atoms with Gasteiger partial charge in [-0.1, -0.05) is 6.92 Å². The first kappa shape index (κ1) is 11.3. The van der Waals surface area contributed by atoms with Crippen molar-refractivity contribution in [1.82, 2.24) is 0 Å². The number of hydrogen-bond donors (Lipinski definition) is 1. The molecule has 0 fully saturated rings. The molecule has 0 bridgehead atoms. The zero-order valence-corrected chi connectivity index (χ0v) is 5.90. The van der Waals surface area contributed by atoms with Gasteiger partial charge in [-0.3, -0.25) is 4.55 Å². The first-order valence-electron chi connectivity index (χ1n) is 2.01. The maximum Gasteiger partial charge on any atom is 1.00 e. The molecule has 1 N–H and O–H groups in total. The van der Waals surface area contributed by atoms with E-state index in [1.165, 1.54) is 0 Å². The molecular weight excluding hydrogens is 123 g/mol. The summed E-state index contributed by atoms with van der Waals surface area (Å²) in [5.41, 5.74) is 0. The first-order chi connectivity index (χ1) is 3.06. The van der Waals surface area contributed by atoms with Crippen molar-refractivity contribution in [2.75, 3.05) is 5.75 Å². The topological polar surface area (TPSA) is 54.4 Å². The smallest absolute Gasteiger partial charge is 1.00 e. The van der Waals surface area contributed by atoms with Gasteiger partial charge in [0.15, 0.2) is 0 Å². The zero-order chi connectivity index (χ0) is 5.91. The van der Waals surface area contributed by atoms with Crippen LogP contribution in [-0.2, 0) is 10.1 Å². The van der Waals surface area contributed by atoms with Crippen molar-refractivity contribution >= 4 is 10.1 Å². The summed E-state index contributed by atoms with van der Waals surface area (Å²) in [6, 6.07) is 0. The van der Waals surface area contributed by atoms with Crippen LogP contribution in [-0.4, -0.2) is 18.7 Å². The fourth-order valence-corrected chi connectivity index (χ4v) is 0.774. The van der Waals surface area contributed by atoms with Gasteiger partial charge in [0.1, 0.15) is 0 Å². The van der Waals surface area contributed by atoms with Gasteiger partial charge in [0.2, 0.25) is 0 Å². The molecule has 0 spiro atoms. The van der Waals surface area contributed by atoms with E-state index in [9.17, 15) is 8.42 Å². The van der Waals surface area contributed by atoms with Crippen molar-refractivity contribution in [3.8, 4) is 0 Å². The molecule has 0 aliphatic heterocycles. The molecule has 0 unspecified atom stereocenters. The fraction of sp³-hybridized carbons (Fsp3) is 1.00. The minimum atomic E-state index is -3.67. The van der Waals surface area contributed by atoms with Crippen LogP contribution in [0.2, 0.25) is 0 Å². The maximum atomic E-state index is 9.79. The second-order valence-corrected chi connectivity index (χ2v) is 2.86. The van der Waals surface area contributed by atoms with E-state index in [4.69, 9.17) is 4.55 Å². The molecule has 0 aromatic carbocycles. The molecule has 0 radical (unpaired) electrons. The van der Waals surface area contributed by atoms with Gasteiger partial charge in [0.25, 0.3) is 10.1 Å². The Morgan fingerprint density at radius 1 is 1.62 bits per heavy atom. The zero-order valence-electron chi connectivity index (χ0n) is 6.09. The molecule has 0 aliphatic rings. The summed E-state index contributed by atoms with van der Waals surface area (Å²) in [6.45, 7) is 1.69. The van der Waals surface area contributed by atoms with E-state index in [1.54, 1.807) is 6.92 Å². The van der Waals surface area contributed by atoms with Gasteiger partial charge in [0.05, 0.1) is 5.75 Å². The van der Waals surface area contributed by atoms with Crippen LogP contribution in [0, 0.1) is 0 Å². The monoisotopic (exact) mass is 132 g/mol. The van der Waals surface area contributed by atoms with Crippen LogP contribution >= 0.6 is 0 Å². The standard InChI is InChI=1S/C3H8O3S.Li.H/c1-2-3-7(4,5)6;;/h2-3H2,1H3,(H,4,5,6);;/q;+1;-1. The first-order valence-corrected chi connectivity index (χ1v) is 3.62. The minimum Gasteiger partial charge on any atom is -1.00 e. The van der Waals surface area contributed by atoms with Gasteiger partial charge in [-0.2, -0.15) is 8.42 Å². The van der Waals surface area contributed by atoms with Gasteiger partial charge >= 0.3 is 18.9 Å². The Morgan fingerprint density at radius 3 is 2.00 bits per heavy atom. The Morgan fingerprint density at radius 2 is 2.00 bits per heavy atom. The molecule has 0 rings (SSSR count). The molecule has 0 aromatic heterocycles. The van der Waals surface area contributed by atoms with E-state index in [-0.39, 0.29) is 26.0 Å². The summed E-state index contributed by atoms with van der Waals surface area (Å²) in [5.74, 6) is -0.132. The van der Waals surface area contributed by atoms with E-state index in [0.29, 0.717) is 6.42 Å². The molecule has 0 aromatic rings. The van der Waals surface area contributed by atoms with Gasteiger partial charge in [-0.15, -0.1) is 0 Å². The van der Waals surface area contributed by atoms with Crippen LogP contribution in [0.25, 0.3) is 0 Å². The molecule has 8 heavy (non-hydrogen) atoms. The normalized spacial score (nSPS) is 10.2. The van der Waals surface area contributed by atoms with Gasteiger partial charge < -0.3 is 1.43 Å². The largest absolute Gasteiger partial charge is 1.00 e. The Bertz CT molecular complexity index is 132. The minimum absolute atomic E-state index is 0. The molecule has 0 saturated heterocycles. The van der Waals surface area contributed by atoms with E-state index in [2.05, 4.69) is 0 Å². The molecule has 5 heteroatoms. The average molecular weight is 132 g/mol. The van der Waals surface area contributed by atoms with Crippen molar-refractivity contribution in [2.45, 2.75) is 13.3 Å². The summed E-state index contributed by atoms with van der Waals surface area (Å²) >= 11 is 0. The summed E-state index contributed by atoms with van der Waals surface area (Å²) in [7, 11) is -3.67. The SMILES string of the molecule is CCCS(=O)(=O)O.[H-].[Li+]. The Labute approximate surface area is 62.9 Å². The van der Waals surface area contributed by atoms with Crippen molar-refractivity contribution in [3.63, 3.8) is 0 Å². The number of hydrogen-bond acceptors (Lipinski definition) is 2. The molecule has 0 saturated carbocycles. The van der Waals surface area contributed by atoms with E-state index in [1.807, 2.05) is 0 Å². The fourth-order valence-electron chi connectivity index (χ4n) is 0.258. The quantitative estimate of drug-likeness (QED) is 0.331. The predicted molar refractivity (Wildman–Crippen MR) is 27.8 cm³/mol. The van der Waals surface area contributed by atoms with Crippen LogP contribution in [0.4, 0.5) is 0 Å². The molecule has 0 aliphatic carbocycles. The molecular formula is C3H9LiO3S. The van der Waals surface area contributed by atoms with Crippen LogP contribution < -0.4 is 18.9 Å². The van der Waals surface area contributed by atoms with Gasteiger partial charge in [-0.05, 0) is 6.42 Å². The Hall–Kier alpha value is 0.507. The van der Waals surface area contributed by atoms with Crippen LogP contribution in [0.1, 0.15) is 14.8 Å². The summed E-state index contributed by atoms with van der Waals surface area (Å²) < 4.78 is 27.6. The second-order valence-electron chi connectivity index (χ2n) is 1.29. The van der Waals surface area contributed by atoms with Gasteiger partial charge in [0, 0.05) is 0 Å². The van der Waals surface area contributed by atoms with Crippen LogP contribution in [0.3, 0.4) is 0 Å². The third kappa shape index (κ3) is 9.72.